The van der Waals surface area contributed by atoms with Crippen LogP contribution in [0, 0.1) is 6.92 Å². The average Bonchev–Trinajstić information content (AvgIpc) is 3.34. The van der Waals surface area contributed by atoms with Crippen molar-refractivity contribution in [3.63, 3.8) is 0 Å². The van der Waals surface area contributed by atoms with Crippen LogP contribution in [-0.4, -0.2) is 19.7 Å². The van der Waals surface area contributed by atoms with Crippen molar-refractivity contribution in [3.8, 4) is 17.2 Å². The number of rotatable bonds is 4. The van der Waals surface area contributed by atoms with Crippen molar-refractivity contribution < 1.29 is 4.74 Å². The summed E-state index contributed by atoms with van der Waals surface area (Å²) in [7, 11) is 0. The summed E-state index contributed by atoms with van der Waals surface area (Å²) < 4.78 is 6.92. The molecule has 2 heterocycles. The number of nitrogens with zero attached hydrogens (tertiary/aromatic N) is 3. The third-order valence-electron chi connectivity index (χ3n) is 6.08. The fraction of sp³-hybridized carbons (Fsp3) is 0.250. The van der Waals surface area contributed by atoms with Crippen LogP contribution in [0.25, 0.3) is 16.6 Å². The number of aromatic amines is 1. The lowest BCUT2D eigenvalue weighted by Crippen LogP contribution is -2.33. The number of nitrogens with one attached hydrogen (secondary N) is 1. The summed E-state index contributed by atoms with van der Waals surface area (Å²) in [4.78, 5) is 30.6. The van der Waals surface area contributed by atoms with Crippen molar-refractivity contribution in [1.82, 2.24) is 19.7 Å². The molecule has 1 aliphatic carbocycles. The summed E-state index contributed by atoms with van der Waals surface area (Å²) in [6.07, 6.45) is 4.91. The van der Waals surface area contributed by atoms with Gasteiger partial charge in [-0.25, -0.2) is 4.79 Å². The molecule has 0 spiro atoms. The van der Waals surface area contributed by atoms with Crippen molar-refractivity contribution in [2.45, 2.75) is 38.5 Å². The van der Waals surface area contributed by atoms with Crippen molar-refractivity contribution in [1.29, 1.82) is 0 Å². The lowest BCUT2D eigenvalue weighted by molar-refractivity contribution is 0.483. The number of aromatic nitrogens is 4. The second-order valence-corrected chi connectivity index (χ2v) is 9.24. The van der Waals surface area contributed by atoms with Gasteiger partial charge in [-0.15, -0.1) is 5.10 Å². The van der Waals surface area contributed by atoms with Gasteiger partial charge in [0.1, 0.15) is 5.75 Å². The Hall–Kier alpha value is -3.36. The number of H-pyrrole nitrogens is 1. The second-order valence-electron chi connectivity index (χ2n) is 8.42. The molecule has 0 amide bonds. The molecule has 0 radical (unpaired) electrons. The van der Waals surface area contributed by atoms with Gasteiger partial charge in [0.2, 0.25) is 5.82 Å². The molecule has 1 saturated carbocycles. The number of hydrogen-bond donors (Lipinski definition) is 2. The molecule has 1 aliphatic rings. The minimum atomic E-state index is -0.769. The van der Waals surface area contributed by atoms with E-state index in [0.29, 0.717) is 11.7 Å². The summed E-state index contributed by atoms with van der Waals surface area (Å²) in [5.74, 6) is 0.953. The highest BCUT2D eigenvalue weighted by Crippen LogP contribution is 2.39. The van der Waals surface area contributed by atoms with Crippen LogP contribution in [0.4, 0.5) is 5.82 Å². The van der Waals surface area contributed by atoms with Crippen molar-refractivity contribution >= 4 is 39.9 Å². The summed E-state index contributed by atoms with van der Waals surface area (Å²) in [5.41, 5.74) is 7.43. The van der Waals surface area contributed by atoms with Gasteiger partial charge in [-0.3, -0.25) is 14.8 Å². The van der Waals surface area contributed by atoms with Crippen LogP contribution in [0.5, 0.6) is 11.5 Å². The second kappa shape index (κ2) is 8.77. The monoisotopic (exact) mass is 497 g/mol. The molecular formula is C24H21Cl2N5O3. The van der Waals surface area contributed by atoms with E-state index in [1.54, 1.807) is 0 Å². The molecule has 174 valence electrons. The molecule has 0 aliphatic heterocycles. The maximum Gasteiger partial charge on any atom is 0.349 e. The van der Waals surface area contributed by atoms with Gasteiger partial charge >= 0.3 is 5.69 Å². The maximum atomic E-state index is 12.1. The summed E-state index contributed by atoms with van der Waals surface area (Å²) in [5, 5.41) is 5.10. The van der Waals surface area contributed by atoms with E-state index in [-0.39, 0.29) is 27.3 Å². The van der Waals surface area contributed by atoms with Crippen molar-refractivity contribution in [3.05, 3.63) is 78.5 Å². The van der Waals surface area contributed by atoms with E-state index in [4.69, 9.17) is 38.7 Å². The lowest BCUT2D eigenvalue weighted by atomic mass is 9.99. The van der Waals surface area contributed by atoms with Gasteiger partial charge in [-0.1, -0.05) is 36.0 Å². The standard InChI is InChI=1S/C24H21Cl2N5O3/c1-12-8-20(13-4-2-3-5-13)28-19-7-6-15(11-16(12)19)34-21-17(25)9-14(10-18(21)26)31-24(33)29-23(32)22(27)30-31/h6-11,13H,2-5H2,1H3,(H2,27,30)(H,29,32,33). The molecule has 2 aromatic heterocycles. The largest absolute Gasteiger partial charge is 0.454 e. The van der Waals surface area contributed by atoms with Gasteiger partial charge < -0.3 is 10.5 Å². The zero-order chi connectivity index (χ0) is 24.0. The van der Waals surface area contributed by atoms with E-state index in [0.717, 1.165) is 26.8 Å². The smallest absolute Gasteiger partial charge is 0.349 e. The van der Waals surface area contributed by atoms with Crippen LogP contribution in [0.1, 0.15) is 42.9 Å². The fourth-order valence-corrected chi connectivity index (χ4v) is 4.92. The lowest BCUT2D eigenvalue weighted by Gasteiger charge is -2.14. The normalized spacial score (nSPS) is 14.1. The molecule has 4 aromatic rings. The summed E-state index contributed by atoms with van der Waals surface area (Å²) in [6, 6.07) is 10.7. The minimum absolute atomic E-state index is 0.160. The number of ether oxygens (including phenoxy) is 1. The average molecular weight is 498 g/mol. The number of nitrogen functional groups attached to an aromatic ring is 1. The number of benzene rings is 2. The highest BCUT2D eigenvalue weighted by atomic mass is 35.5. The van der Waals surface area contributed by atoms with Crippen LogP contribution < -0.4 is 21.7 Å². The predicted molar refractivity (Wildman–Crippen MR) is 133 cm³/mol. The molecule has 10 heteroatoms. The number of aryl methyl sites for hydroxylation is 1. The Labute approximate surface area is 204 Å². The molecule has 5 rings (SSSR count). The number of pyridine rings is 1. The molecule has 2 aromatic carbocycles. The van der Waals surface area contributed by atoms with Gasteiger partial charge in [-0.05, 0) is 61.7 Å². The Balaban J connectivity index is 1.48. The van der Waals surface area contributed by atoms with E-state index < -0.39 is 11.2 Å². The number of anilines is 1. The fourth-order valence-electron chi connectivity index (χ4n) is 4.37. The van der Waals surface area contributed by atoms with Gasteiger partial charge in [0, 0.05) is 17.0 Å². The van der Waals surface area contributed by atoms with Crippen LogP contribution in [0.15, 0.2) is 46.0 Å². The number of hydrogen-bond acceptors (Lipinski definition) is 6. The Kier molecular flexibility index (Phi) is 5.79. The van der Waals surface area contributed by atoms with E-state index in [1.165, 1.54) is 37.8 Å². The molecule has 0 unspecified atom stereocenters. The first-order valence-electron chi connectivity index (χ1n) is 10.9. The summed E-state index contributed by atoms with van der Waals surface area (Å²) in [6.45, 7) is 2.07. The zero-order valence-electron chi connectivity index (χ0n) is 18.3. The molecule has 8 nitrogen and oxygen atoms in total. The third kappa shape index (κ3) is 4.15. The first-order valence-corrected chi connectivity index (χ1v) is 11.6. The quantitative estimate of drug-likeness (QED) is 0.404. The van der Waals surface area contributed by atoms with Crippen molar-refractivity contribution in [2.24, 2.45) is 0 Å². The SMILES string of the molecule is Cc1cc(C2CCCC2)nc2ccc(Oc3c(Cl)cc(-n4nc(N)c(=O)[nH]c4=O)cc3Cl)cc12. The van der Waals surface area contributed by atoms with Gasteiger partial charge in [-0.2, -0.15) is 4.68 Å². The topological polar surface area (TPSA) is 116 Å². The molecule has 0 bridgehead atoms. The van der Waals surface area contributed by atoms with E-state index in [2.05, 4.69) is 23.1 Å². The van der Waals surface area contributed by atoms with Gasteiger partial charge in [0.05, 0.1) is 21.2 Å². The number of halogens is 2. The van der Waals surface area contributed by atoms with E-state index in [1.807, 2.05) is 18.2 Å². The molecular weight excluding hydrogens is 477 g/mol. The summed E-state index contributed by atoms with van der Waals surface area (Å²) >= 11 is 12.9. The molecule has 1 fully saturated rings. The molecule has 0 atom stereocenters. The highest BCUT2D eigenvalue weighted by Gasteiger charge is 2.20. The Morgan fingerprint density at radius 3 is 2.50 bits per heavy atom. The van der Waals surface area contributed by atoms with Crippen LogP contribution in [0.3, 0.4) is 0 Å². The molecule has 0 saturated heterocycles. The van der Waals surface area contributed by atoms with E-state index in [9.17, 15) is 9.59 Å². The van der Waals surface area contributed by atoms with Gasteiger partial charge in [0.15, 0.2) is 5.75 Å². The minimum Gasteiger partial charge on any atom is -0.454 e. The molecule has 3 N–H and O–H groups in total. The third-order valence-corrected chi connectivity index (χ3v) is 6.64. The Morgan fingerprint density at radius 1 is 1.09 bits per heavy atom. The number of nitrogens with two attached hydrogens (primary N) is 1. The molecule has 34 heavy (non-hydrogen) atoms. The van der Waals surface area contributed by atoms with Gasteiger partial charge in [0.25, 0.3) is 5.56 Å². The highest BCUT2D eigenvalue weighted by molar-refractivity contribution is 6.37. The number of fused-ring (bicyclic) bond motifs is 1. The first-order chi connectivity index (χ1) is 16.3. The Bertz CT molecular complexity index is 1520. The predicted octanol–water partition coefficient (Wildman–Crippen LogP) is 5.12. The van der Waals surface area contributed by atoms with E-state index >= 15 is 0 Å². The van der Waals surface area contributed by atoms with Crippen LogP contribution in [-0.2, 0) is 0 Å². The zero-order valence-corrected chi connectivity index (χ0v) is 19.8. The van der Waals surface area contributed by atoms with Crippen LogP contribution >= 0.6 is 23.2 Å². The Morgan fingerprint density at radius 2 is 1.79 bits per heavy atom. The van der Waals surface area contributed by atoms with Crippen molar-refractivity contribution in [2.75, 3.05) is 5.73 Å². The first kappa shape index (κ1) is 22.4. The maximum absolute atomic E-state index is 12.1. The van der Waals surface area contributed by atoms with Crippen LogP contribution in [0.2, 0.25) is 10.0 Å².